The van der Waals surface area contributed by atoms with Gasteiger partial charge < -0.3 is 5.21 Å². The second kappa shape index (κ2) is 3.10. The van der Waals surface area contributed by atoms with Gasteiger partial charge in [0.2, 0.25) is 6.21 Å². The molecule has 0 radical (unpaired) electrons. The Morgan fingerprint density at radius 3 is 2.93 bits per heavy atom. The SMILES string of the molecule is O=[N+]([O-])c1ccc2c(c1)N(O)N[N+]([O-])=C2. The molecule has 0 aliphatic carbocycles. The van der Waals surface area contributed by atoms with E-state index in [-0.39, 0.29) is 16.2 Å². The van der Waals surface area contributed by atoms with Crippen LogP contribution in [0.25, 0.3) is 0 Å². The second-order valence-corrected chi connectivity index (χ2v) is 2.87. The summed E-state index contributed by atoms with van der Waals surface area (Å²) in [6, 6.07) is 3.79. The molecule has 0 unspecified atom stereocenters. The quantitative estimate of drug-likeness (QED) is 0.296. The number of anilines is 1. The predicted octanol–water partition coefficient (Wildman–Crippen LogP) is 0.153. The average Bonchev–Trinajstić information content (AvgIpc) is 2.16. The van der Waals surface area contributed by atoms with Crippen molar-refractivity contribution in [3.63, 3.8) is 0 Å². The van der Waals surface area contributed by atoms with Crippen molar-refractivity contribution in [3.05, 3.63) is 39.1 Å². The zero-order chi connectivity index (χ0) is 11.0. The fraction of sp³-hybridized carbons (Fsp3) is 0. The summed E-state index contributed by atoms with van der Waals surface area (Å²) in [5.74, 6) is 0. The van der Waals surface area contributed by atoms with E-state index in [1.54, 1.807) is 0 Å². The van der Waals surface area contributed by atoms with Gasteiger partial charge in [-0.25, -0.2) is 0 Å². The number of nitrogens with zero attached hydrogens (tertiary/aromatic N) is 3. The number of hydrazone groups is 1. The molecule has 1 aliphatic rings. The summed E-state index contributed by atoms with van der Waals surface area (Å²) >= 11 is 0. The summed E-state index contributed by atoms with van der Waals surface area (Å²) in [4.78, 5) is 10.2. The van der Waals surface area contributed by atoms with Gasteiger partial charge in [0.15, 0.2) is 0 Å². The Bertz CT molecular complexity index is 458. The first kappa shape index (κ1) is 9.21. The number of fused-ring (bicyclic) bond motifs is 1. The van der Waals surface area contributed by atoms with Crippen LogP contribution in [0, 0.1) is 15.3 Å². The number of hydrogen-bond acceptors (Lipinski definition) is 6. The van der Waals surface area contributed by atoms with E-state index >= 15 is 0 Å². The highest BCUT2D eigenvalue weighted by atomic mass is 16.6. The molecule has 2 rings (SSSR count). The van der Waals surface area contributed by atoms with E-state index in [1.807, 2.05) is 5.53 Å². The molecule has 78 valence electrons. The van der Waals surface area contributed by atoms with Gasteiger partial charge in [0, 0.05) is 12.1 Å². The molecule has 0 saturated heterocycles. The molecule has 8 heteroatoms. The molecule has 1 heterocycles. The summed E-state index contributed by atoms with van der Waals surface area (Å²) in [6.07, 6.45) is 1.16. The van der Waals surface area contributed by atoms with Crippen molar-refractivity contribution in [1.82, 2.24) is 5.53 Å². The average molecular weight is 210 g/mol. The Morgan fingerprint density at radius 2 is 2.27 bits per heavy atom. The third-order valence-corrected chi connectivity index (χ3v) is 1.90. The number of hydrazine groups is 2. The minimum Gasteiger partial charge on any atom is -0.595 e. The van der Waals surface area contributed by atoms with Crippen molar-refractivity contribution in [1.29, 1.82) is 0 Å². The van der Waals surface area contributed by atoms with Crippen molar-refractivity contribution >= 4 is 17.6 Å². The molecule has 0 fully saturated rings. The number of nitrogens with one attached hydrogen (secondary N) is 1. The van der Waals surface area contributed by atoms with Crippen molar-refractivity contribution in [2.75, 3.05) is 5.17 Å². The van der Waals surface area contributed by atoms with Crippen LogP contribution < -0.4 is 10.7 Å². The minimum atomic E-state index is -0.586. The van der Waals surface area contributed by atoms with Crippen molar-refractivity contribution in [3.8, 4) is 0 Å². The number of nitro groups is 1. The van der Waals surface area contributed by atoms with E-state index in [9.17, 15) is 20.5 Å². The molecule has 0 bridgehead atoms. The maximum Gasteiger partial charge on any atom is 0.271 e. The van der Waals surface area contributed by atoms with E-state index in [0.717, 1.165) is 12.3 Å². The van der Waals surface area contributed by atoms with Crippen LogP contribution in [0.5, 0.6) is 0 Å². The van der Waals surface area contributed by atoms with E-state index in [4.69, 9.17) is 0 Å². The summed E-state index contributed by atoms with van der Waals surface area (Å²) in [6.45, 7) is 0. The third-order valence-electron chi connectivity index (χ3n) is 1.90. The zero-order valence-corrected chi connectivity index (χ0v) is 7.32. The van der Waals surface area contributed by atoms with Crippen LogP contribution in [0.4, 0.5) is 11.4 Å². The van der Waals surface area contributed by atoms with Gasteiger partial charge in [-0.1, -0.05) is 10.4 Å². The summed E-state index contributed by atoms with van der Waals surface area (Å²) in [7, 11) is 0. The molecule has 1 aromatic carbocycles. The topological polar surface area (TPSA) is 105 Å². The van der Waals surface area contributed by atoms with Crippen LogP contribution in [-0.4, -0.2) is 21.2 Å². The lowest BCUT2D eigenvalue weighted by molar-refractivity contribution is -0.531. The maximum absolute atomic E-state index is 10.9. The van der Waals surface area contributed by atoms with E-state index in [1.165, 1.54) is 12.1 Å². The minimum absolute atomic E-state index is 0.149. The van der Waals surface area contributed by atoms with Crippen LogP contribution in [0.2, 0.25) is 0 Å². The fourth-order valence-electron chi connectivity index (χ4n) is 1.24. The standard InChI is InChI=1S/C7H6N4O4/c12-9-4-5-1-2-6(11(14)15)3-7(5)10(13)8-9/h1-4,8,13H. The Kier molecular flexibility index (Phi) is 1.90. The van der Waals surface area contributed by atoms with E-state index in [2.05, 4.69) is 0 Å². The Balaban J connectivity index is 2.53. The van der Waals surface area contributed by atoms with Gasteiger partial charge in [-0.05, 0) is 6.07 Å². The monoisotopic (exact) mass is 210 g/mol. The molecule has 0 atom stereocenters. The molecule has 2 N–H and O–H groups in total. The van der Waals surface area contributed by atoms with Gasteiger partial charge in [0.1, 0.15) is 5.69 Å². The van der Waals surface area contributed by atoms with Crippen LogP contribution in [0.1, 0.15) is 5.56 Å². The van der Waals surface area contributed by atoms with Gasteiger partial charge in [-0.15, -0.1) is 5.17 Å². The first-order chi connectivity index (χ1) is 7.08. The van der Waals surface area contributed by atoms with Gasteiger partial charge in [0.25, 0.3) is 5.69 Å². The maximum atomic E-state index is 10.9. The summed E-state index contributed by atoms with van der Waals surface area (Å²) in [5.41, 5.74) is 2.36. The van der Waals surface area contributed by atoms with Gasteiger partial charge in [-0.2, -0.15) is 0 Å². The summed E-state index contributed by atoms with van der Waals surface area (Å²) < 4.78 is 0. The fourth-order valence-corrected chi connectivity index (χ4v) is 1.24. The zero-order valence-electron chi connectivity index (χ0n) is 7.32. The molecule has 0 saturated carbocycles. The number of hydrogen-bond donors (Lipinski definition) is 2. The Hall–Kier alpha value is -2.35. The molecule has 0 amide bonds. The van der Waals surface area contributed by atoms with Gasteiger partial charge in [-0.3, -0.25) is 15.3 Å². The summed E-state index contributed by atoms with van der Waals surface area (Å²) in [5, 5.41) is 31.0. The lowest BCUT2D eigenvalue weighted by Gasteiger charge is -2.21. The number of nitro benzene ring substituents is 1. The largest absolute Gasteiger partial charge is 0.595 e. The van der Waals surface area contributed by atoms with Crippen LogP contribution in [0.3, 0.4) is 0 Å². The van der Waals surface area contributed by atoms with Crippen LogP contribution in [0.15, 0.2) is 18.2 Å². The lowest BCUT2D eigenvalue weighted by Crippen LogP contribution is -2.44. The van der Waals surface area contributed by atoms with E-state index in [0.29, 0.717) is 10.7 Å². The molecule has 1 aromatic rings. The predicted molar refractivity (Wildman–Crippen MR) is 49.3 cm³/mol. The second-order valence-electron chi connectivity index (χ2n) is 2.87. The molecule has 1 aliphatic heterocycles. The smallest absolute Gasteiger partial charge is 0.271 e. The van der Waals surface area contributed by atoms with Crippen molar-refractivity contribution in [2.24, 2.45) is 0 Å². The van der Waals surface area contributed by atoms with Gasteiger partial charge in [0.05, 0.1) is 10.5 Å². The first-order valence-corrected chi connectivity index (χ1v) is 3.93. The highest BCUT2D eigenvalue weighted by Gasteiger charge is 2.21. The molecule has 15 heavy (non-hydrogen) atoms. The highest BCUT2D eigenvalue weighted by molar-refractivity contribution is 5.86. The van der Waals surface area contributed by atoms with Gasteiger partial charge >= 0.3 is 0 Å². The Labute approximate surface area is 83.3 Å². The van der Waals surface area contributed by atoms with Crippen molar-refractivity contribution in [2.45, 2.75) is 0 Å². The van der Waals surface area contributed by atoms with Crippen LogP contribution >= 0.6 is 0 Å². The number of benzene rings is 1. The molecule has 8 nitrogen and oxygen atoms in total. The third kappa shape index (κ3) is 1.53. The van der Waals surface area contributed by atoms with Crippen LogP contribution in [-0.2, 0) is 0 Å². The molecular formula is C7H6N4O4. The first-order valence-electron chi connectivity index (χ1n) is 3.93. The molecular weight excluding hydrogens is 204 g/mol. The number of rotatable bonds is 1. The normalized spacial score (nSPS) is 13.9. The highest BCUT2D eigenvalue weighted by Crippen LogP contribution is 2.24. The molecule has 0 aromatic heterocycles. The lowest BCUT2D eigenvalue weighted by atomic mass is 10.1. The molecule has 0 spiro atoms. The van der Waals surface area contributed by atoms with Crippen molar-refractivity contribution < 1.29 is 15.0 Å². The van der Waals surface area contributed by atoms with E-state index < -0.39 is 4.92 Å². The number of non-ortho nitro benzene ring substituents is 1. The Morgan fingerprint density at radius 1 is 1.53 bits per heavy atom.